The number of hydrogen-bond donors (Lipinski definition) is 1. The molecular weight excluding hydrogens is 172 g/mol. The van der Waals surface area contributed by atoms with Crippen LogP contribution in [0.25, 0.3) is 0 Å². The third kappa shape index (κ3) is 2.77. The van der Waals surface area contributed by atoms with Crippen LogP contribution in [0.15, 0.2) is 12.4 Å². The highest BCUT2D eigenvalue weighted by Crippen LogP contribution is 2.09. The molecule has 0 aromatic carbocycles. The monoisotopic (exact) mass is 186 g/mol. The molecule has 0 saturated carbocycles. The van der Waals surface area contributed by atoms with Crippen LogP contribution in [0.1, 0.15) is 6.92 Å². The Morgan fingerprint density at radius 2 is 2.50 bits per heavy atom. The Morgan fingerprint density at radius 3 is 3.00 bits per heavy atom. The second kappa shape index (κ2) is 4.40. The quantitative estimate of drug-likeness (QED) is 0.719. The molecule has 1 rings (SSSR count). The predicted octanol–water partition coefficient (Wildman–Crippen LogP) is 1.36. The van der Waals surface area contributed by atoms with Crippen LogP contribution in [-0.2, 0) is 7.05 Å². The first-order chi connectivity index (χ1) is 5.72. The lowest BCUT2D eigenvalue weighted by molar-refractivity contribution is 0.273. The van der Waals surface area contributed by atoms with Gasteiger partial charge >= 0.3 is 0 Å². The van der Waals surface area contributed by atoms with Crippen molar-refractivity contribution in [2.45, 2.75) is 6.92 Å². The van der Waals surface area contributed by atoms with E-state index in [2.05, 4.69) is 24.7 Å². The minimum Gasteiger partial charge on any atom is -0.490 e. The molecule has 1 aromatic rings. The largest absolute Gasteiger partial charge is 0.490 e. The normalized spacial score (nSPS) is 12.9. The van der Waals surface area contributed by atoms with E-state index in [1.807, 2.05) is 13.2 Å². The number of hydrogen-bond acceptors (Lipinski definition) is 3. The summed E-state index contributed by atoms with van der Waals surface area (Å²) < 4.78 is 7.17. The van der Waals surface area contributed by atoms with Crippen molar-refractivity contribution in [3.05, 3.63) is 12.4 Å². The van der Waals surface area contributed by atoms with Gasteiger partial charge in [0.15, 0.2) is 5.75 Å². The van der Waals surface area contributed by atoms with Crippen LogP contribution in [0, 0.1) is 5.92 Å². The Hall–Kier alpha value is -0.640. The molecule has 12 heavy (non-hydrogen) atoms. The number of thiol groups is 1. The lowest BCUT2D eigenvalue weighted by Crippen LogP contribution is -2.09. The zero-order valence-electron chi connectivity index (χ0n) is 7.40. The summed E-state index contributed by atoms with van der Waals surface area (Å²) in [4.78, 5) is 0. The van der Waals surface area contributed by atoms with Gasteiger partial charge in [-0.05, 0) is 11.7 Å². The summed E-state index contributed by atoms with van der Waals surface area (Å²) >= 11 is 4.17. The van der Waals surface area contributed by atoms with Gasteiger partial charge in [-0.25, -0.2) is 0 Å². The van der Waals surface area contributed by atoms with Gasteiger partial charge in [0.1, 0.15) is 0 Å². The molecule has 0 radical (unpaired) electrons. The molecule has 3 nitrogen and oxygen atoms in total. The van der Waals surface area contributed by atoms with Crippen molar-refractivity contribution >= 4 is 12.6 Å². The predicted molar refractivity (Wildman–Crippen MR) is 51.7 cm³/mol. The molecule has 0 aliphatic heterocycles. The van der Waals surface area contributed by atoms with Crippen molar-refractivity contribution in [1.82, 2.24) is 9.78 Å². The highest BCUT2D eigenvalue weighted by Gasteiger charge is 2.01. The molecule has 0 bridgehead atoms. The van der Waals surface area contributed by atoms with Crippen LogP contribution in [-0.4, -0.2) is 22.1 Å². The number of aryl methyl sites for hydroxylation is 1. The molecule has 0 amide bonds. The Balaban J connectivity index is 2.33. The SMILES string of the molecule is CC(CS)COc1cnn(C)c1. The van der Waals surface area contributed by atoms with Crippen LogP contribution in [0.5, 0.6) is 5.75 Å². The molecule has 1 unspecified atom stereocenters. The second-order valence-corrected chi connectivity index (χ2v) is 3.31. The summed E-state index contributed by atoms with van der Waals surface area (Å²) in [6, 6.07) is 0. The summed E-state index contributed by atoms with van der Waals surface area (Å²) in [6.07, 6.45) is 3.57. The maximum absolute atomic E-state index is 5.45. The van der Waals surface area contributed by atoms with Crippen molar-refractivity contribution < 1.29 is 4.74 Å². The first kappa shape index (κ1) is 9.45. The van der Waals surface area contributed by atoms with Crippen molar-refractivity contribution in [2.24, 2.45) is 13.0 Å². The smallest absolute Gasteiger partial charge is 0.157 e. The molecule has 1 heterocycles. The zero-order chi connectivity index (χ0) is 8.97. The molecule has 1 aromatic heterocycles. The number of nitrogens with zero attached hydrogens (tertiary/aromatic N) is 2. The zero-order valence-corrected chi connectivity index (χ0v) is 8.29. The maximum atomic E-state index is 5.45. The molecule has 0 fully saturated rings. The molecule has 0 N–H and O–H groups in total. The van der Waals surface area contributed by atoms with E-state index in [4.69, 9.17) is 4.74 Å². The van der Waals surface area contributed by atoms with Gasteiger partial charge in [0.2, 0.25) is 0 Å². The third-order valence-electron chi connectivity index (χ3n) is 1.53. The fourth-order valence-corrected chi connectivity index (χ4v) is 0.870. The minimum atomic E-state index is 0.480. The fourth-order valence-electron chi connectivity index (χ4n) is 0.765. The molecule has 0 spiro atoms. The van der Waals surface area contributed by atoms with Gasteiger partial charge in [-0.1, -0.05) is 6.92 Å². The van der Waals surface area contributed by atoms with E-state index in [9.17, 15) is 0 Å². The summed E-state index contributed by atoms with van der Waals surface area (Å²) in [5.41, 5.74) is 0. The molecule has 0 aliphatic rings. The molecular formula is C8H14N2OS. The Morgan fingerprint density at radius 1 is 1.75 bits per heavy atom. The van der Waals surface area contributed by atoms with Crippen molar-refractivity contribution in [2.75, 3.05) is 12.4 Å². The fraction of sp³-hybridized carbons (Fsp3) is 0.625. The Bertz CT molecular complexity index is 237. The van der Waals surface area contributed by atoms with E-state index >= 15 is 0 Å². The van der Waals surface area contributed by atoms with E-state index in [-0.39, 0.29) is 0 Å². The van der Waals surface area contributed by atoms with Crippen molar-refractivity contribution in [3.8, 4) is 5.75 Å². The number of rotatable bonds is 4. The van der Waals surface area contributed by atoms with Crippen LogP contribution in [0.4, 0.5) is 0 Å². The average molecular weight is 186 g/mol. The van der Waals surface area contributed by atoms with Gasteiger partial charge in [-0.3, -0.25) is 4.68 Å². The van der Waals surface area contributed by atoms with Gasteiger partial charge in [0, 0.05) is 7.05 Å². The number of ether oxygens (including phenoxy) is 1. The van der Waals surface area contributed by atoms with Crippen LogP contribution in [0.3, 0.4) is 0 Å². The van der Waals surface area contributed by atoms with Gasteiger partial charge in [0.25, 0.3) is 0 Å². The lowest BCUT2D eigenvalue weighted by atomic mass is 10.2. The minimum absolute atomic E-state index is 0.480. The topological polar surface area (TPSA) is 27.1 Å². The summed E-state index contributed by atoms with van der Waals surface area (Å²) in [7, 11) is 1.87. The second-order valence-electron chi connectivity index (χ2n) is 2.95. The summed E-state index contributed by atoms with van der Waals surface area (Å²) in [6.45, 7) is 2.80. The van der Waals surface area contributed by atoms with Crippen molar-refractivity contribution in [3.63, 3.8) is 0 Å². The molecule has 0 saturated heterocycles. The first-order valence-electron chi connectivity index (χ1n) is 3.94. The molecule has 4 heteroatoms. The molecule has 68 valence electrons. The highest BCUT2D eigenvalue weighted by molar-refractivity contribution is 7.80. The number of aromatic nitrogens is 2. The standard InChI is InChI=1S/C8H14N2OS/c1-7(6-12)5-11-8-3-9-10(2)4-8/h3-4,7,12H,5-6H2,1-2H3. The van der Waals surface area contributed by atoms with Gasteiger partial charge in [-0.15, -0.1) is 0 Å². The Kier molecular flexibility index (Phi) is 3.47. The lowest BCUT2D eigenvalue weighted by Gasteiger charge is -2.07. The third-order valence-corrected chi connectivity index (χ3v) is 2.15. The Labute approximate surface area is 78.1 Å². The van der Waals surface area contributed by atoms with E-state index < -0.39 is 0 Å². The summed E-state index contributed by atoms with van der Waals surface area (Å²) in [5.74, 6) is 2.15. The molecule has 0 aliphatic carbocycles. The van der Waals surface area contributed by atoms with E-state index in [1.54, 1.807) is 10.9 Å². The first-order valence-corrected chi connectivity index (χ1v) is 4.58. The maximum Gasteiger partial charge on any atom is 0.157 e. The van der Waals surface area contributed by atoms with Crippen molar-refractivity contribution in [1.29, 1.82) is 0 Å². The van der Waals surface area contributed by atoms with E-state index in [1.165, 1.54) is 0 Å². The van der Waals surface area contributed by atoms with Crippen LogP contribution >= 0.6 is 12.6 Å². The highest BCUT2D eigenvalue weighted by atomic mass is 32.1. The van der Waals surface area contributed by atoms with E-state index in [0.29, 0.717) is 12.5 Å². The van der Waals surface area contributed by atoms with Gasteiger partial charge in [-0.2, -0.15) is 17.7 Å². The average Bonchev–Trinajstić information content (AvgIpc) is 2.47. The van der Waals surface area contributed by atoms with Gasteiger partial charge < -0.3 is 4.74 Å². The summed E-state index contributed by atoms with van der Waals surface area (Å²) in [5, 5.41) is 3.99. The van der Waals surface area contributed by atoms with Crippen LogP contribution < -0.4 is 4.74 Å². The molecule has 1 atom stereocenters. The van der Waals surface area contributed by atoms with Crippen LogP contribution in [0.2, 0.25) is 0 Å². The van der Waals surface area contributed by atoms with E-state index in [0.717, 1.165) is 11.5 Å². The van der Waals surface area contributed by atoms with Gasteiger partial charge in [0.05, 0.1) is 19.0 Å².